The van der Waals surface area contributed by atoms with Crippen LogP contribution in [-0.2, 0) is 6.54 Å². The molecule has 1 aromatic heterocycles. The molecule has 18 heavy (non-hydrogen) atoms. The van der Waals surface area contributed by atoms with E-state index < -0.39 is 0 Å². The molecule has 0 unspecified atom stereocenters. The van der Waals surface area contributed by atoms with Gasteiger partial charge in [0.05, 0.1) is 5.02 Å². The molecule has 0 saturated carbocycles. The van der Waals surface area contributed by atoms with E-state index in [1.807, 2.05) is 19.3 Å². The second-order valence-corrected chi connectivity index (χ2v) is 6.24. The minimum Gasteiger partial charge on any atom is -0.355 e. The van der Waals surface area contributed by atoms with Crippen LogP contribution in [0, 0.1) is 5.41 Å². The Morgan fingerprint density at radius 1 is 1.39 bits per heavy atom. The minimum atomic E-state index is 0.453. The Balaban J connectivity index is 2.10. The quantitative estimate of drug-likeness (QED) is 0.912. The van der Waals surface area contributed by atoms with Crippen LogP contribution in [0.4, 0.5) is 5.82 Å². The van der Waals surface area contributed by atoms with E-state index >= 15 is 0 Å². The fraction of sp³-hybridized carbons (Fsp3) is 0.643. The number of rotatable bonds is 3. The smallest absolute Gasteiger partial charge is 0.147 e. The predicted octanol–water partition coefficient (Wildman–Crippen LogP) is 3.08. The molecular formula is C14H22ClN3. The van der Waals surface area contributed by atoms with Crippen LogP contribution in [0.3, 0.4) is 0 Å². The second kappa shape index (κ2) is 5.45. The van der Waals surface area contributed by atoms with Crippen molar-refractivity contribution in [1.82, 2.24) is 10.3 Å². The van der Waals surface area contributed by atoms with Gasteiger partial charge in [-0.1, -0.05) is 25.4 Å². The number of nitrogens with one attached hydrogen (secondary N) is 1. The maximum Gasteiger partial charge on any atom is 0.147 e. The van der Waals surface area contributed by atoms with Crippen molar-refractivity contribution in [2.45, 2.75) is 33.2 Å². The molecule has 3 nitrogen and oxygen atoms in total. The number of pyridine rings is 1. The molecule has 2 rings (SSSR count). The van der Waals surface area contributed by atoms with Gasteiger partial charge in [-0.25, -0.2) is 4.98 Å². The molecule has 0 atom stereocenters. The summed E-state index contributed by atoms with van der Waals surface area (Å²) < 4.78 is 0. The summed E-state index contributed by atoms with van der Waals surface area (Å²) in [6.07, 6.45) is 4.31. The number of halogens is 1. The van der Waals surface area contributed by atoms with Crippen molar-refractivity contribution < 1.29 is 0 Å². The Labute approximate surface area is 115 Å². The highest BCUT2D eigenvalue weighted by Crippen LogP contribution is 2.33. The van der Waals surface area contributed by atoms with Crippen LogP contribution in [0.1, 0.15) is 32.3 Å². The summed E-state index contributed by atoms with van der Waals surface area (Å²) in [7, 11) is 1.93. The molecule has 1 aromatic rings. The van der Waals surface area contributed by atoms with Gasteiger partial charge in [0.1, 0.15) is 5.82 Å². The van der Waals surface area contributed by atoms with E-state index in [4.69, 9.17) is 11.6 Å². The fourth-order valence-electron chi connectivity index (χ4n) is 2.33. The van der Waals surface area contributed by atoms with E-state index in [2.05, 4.69) is 29.0 Å². The zero-order valence-corrected chi connectivity index (χ0v) is 12.2. The first-order valence-electron chi connectivity index (χ1n) is 6.56. The van der Waals surface area contributed by atoms with Crippen molar-refractivity contribution >= 4 is 17.4 Å². The highest BCUT2D eigenvalue weighted by atomic mass is 35.5. The molecule has 1 fully saturated rings. The molecule has 1 aliphatic heterocycles. The molecule has 0 spiro atoms. The van der Waals surface area contributed by atoms with Crippen LogP contribution < -0.4 is 10.2 Å². The van der Waals surface area contributed by atoms with E-state index in [1.165, 1.54) is 12.8 Å². The molecule has 100 valence electrons. The molecular weight excluding hydrogens is 246 g/mol. The fourth-order valence-corrected chi connectivity index (χ4v) is 2.64. The first-order chi connectivity index (χ1) is 8.52. The van der Waals surface area contributed by atoms with Crippen LogP contribution in [0.5, 0.6) is 0 Å². The largest absolute Gasteiger partial charge is 0.355 e. The lowest BCUT2D eigenvalue weighted by atomic mass is 9.83. The highest BCUT2D eigenvalue weighted by molar-refractivity contribution is 6.33. The van der Waals surface area contributed by atoms with Gasteiger partial charge in [0, 0.05) is 25.8 Å². The van der Waals surface area contributed by atoms with Crippen molar-refractivity contribution in [3.05, 3.63) is 22.8 Å². The van der Waals surface area contributed by atoms with E-state index in [-0.39, 0.29) is 0 Å². The Kier molecular flexibility index (Phi) is 4.13. The lowest BCUT2D eigenvalue weighted by Gasteiger charge is -2.37. The summed E-state index contributed by atoms with van der Waals surface area (Å²) in [5.74, 6) is 0.937. The topological polar surface area (TPSA) is 28.2 Å². The molecule has 2 heterocycles. The number of hydrogen-bond donors (Lipinski definition) is 1. The van der Waals surface area contributed by atoms with Crippen molar-refractivity contribution in [2.24, 2.45) is 5.41 Å². The van der Waals surface area contributed by atoms with Gasteiger partial charge >= 0.3 is 0 Å². The monoisotopic (exact) mass is 267 g/mol. The average Bonchev–Trinajstić information content (AvgIpc) is 2.31. The molecule has 0 bridgehead atoms. The summed E-state index contributed by atoms with van der Waals surface area (Å²) >= 11 is 6.34. The first-order valence-corrected chi connectivity index (χ1v) is 6.94. The first kappa shape index (κ1) is 13.6. The summed E-state index contributed by atoms with van der Waals surface area (Å²) in [6.45, 7) is 7.56. The molecule has 1 aliphatic rings. The van der Waals surface area contributed by atoms with Crippen molar-refractivity contribution in [3.8, 4) is 0 Å². The summed E-state index contributed by atoms with van der Waals surface area (Å²) in [4.78, 5) is 6.82. The number of nitrogens with zero attached hydrogens (tertiary/aromatic N) is 2. The van der Waals surface area contributed by atoms with Gasteiger partial charge in [0.25, 0.3) is 0 Å². The van der Waals surface area contributed by atoms with Crippen LogP contribution in [-0.4, -0.2) is 25.1 Å². The number of hydrogen-bond acceptors (Lipinski definition) is 3. The highest BCUT2D eigenvalue weighted by Gasteiger charge is 2.26. The lowest BCUT2D eigenvalue weighted by Crippen LogP contribution is -2.37. The van der Waals surface area contributed by atoms with Gasteiger partial charge in [-0.2, -0.15) is 0 Å². The van der Waals surface area contributed by atoms with E-state index in [0.717, 1.165) is 36.0 Å². The summed E-state index contributed by atoms with van der Waals surface area (Å²) in [5.41, 5.74) is 1.58. The maximum atomic E-state index is 6.34. The Hall–Kier alpha value is -0.800. The Morgan fingerprint density at radius 2 is 2.06 bits per heavy atom. The van der Waals surface area contributed by atoms with Crippen LogP contribution in [0.25, 0.3) is 0 Å². The lowest BCUT2D eigenvalue weighted by molar-refractivity contribution is 0.279. The van der Waals surface area contributed by atoms with Gasteiger partial charge in [-0.15, -0.1) is 0 Å². The number of anilines is 1. The molecule has 0 aromatic carbocycles. The van der Waals surface area contributed by atoms with Gasteiger partial charge in [0.2, 0.25) is 0 Å². The predicted molar refractivity (Wildman–Crippen MR) is 77.2 cm³/mol. The van der Waals surface area contributed by atoms with E-state index in [9.17, 15) is 0 Å². The number of aromatic nitrogens is 1. The molecule has 1 N–H and O–H groups in total. The third kappa shape index (κ3) is 3.15. The third-order valence-electron chi connectivity index (χ3n) is 3.68. The van der Waals surface area contributed by atoms with Gasteiger partial charge in [0.15, 0.2) is 0 Å². The van der Waals surface area contributed by atoms with E-state index in [0.29, 0.717) is 5.41 Å². The van der Waals surface area contributed by atoms with Crippen LogP contribution in [0.15, 0.2) is 12.3 Å². The molecule has 1 saturated heterocycles. The molecule has 0 radical (unpaired) electrons. The number of piperidine rings is 1. The van der Waals surface area contributed by atoms with Crippen molar-refractivity contribution in [2.75, 3.05) is 25.0 Å². The normalized spacial score (nSPS) is 19.0. The summed E-state index contributed by atoms with van der Waals surface area (Å²) in [6, 6.07) is 2.01. The maximum absolute atomic E-state index is 6.34. The standard InChI is InChI=1S/C14H22ClN3/c1-14(2)4-6-18(7-5-14)13-12(15)8-11(9-16-3)10-17-13/h8,10,16H,4-7,9H2,1-3H3. The van der Waals surface area contributed by atoms with E-state index in [1.54, 1.807) is 0 Å². The zero-order chi connectivity index (χ0) is 13.2. The van der Waals surface area contributed by atoms with Gasteiger partial charge in [-0.05, 0) is 36.9 Å². The van der Waals surface area contributed by atoms with Crippen molar-refractivity contribution in [1.29, 1.82) is 0 Å². The minimum absolute atomic E-state index is 0.453. The molecule has 0 aliphatic carbocycles. The third-order valence-corrected chi connectivity index (χ3v) is 3.95. The van der Waals surface area contributed by atoms with Crippen molar-refractivity contribution in [3.63, 3.8) is 0 Å². The SMILES string of the molecule is CNCc1cnc(N2CCC(C)(C)CC2)c(Cl)c1. The van der Waals surface area contributed by atoms with Gasteiger partial charge < -0.3 is 10.2 Å². The molecule has 0 amide bonds. The second-order valence-electron chi connectivity index (χ2n) is 5.83. The summed E-state index contributed by atoms with van der Waals surface area (Å²) in [5, 5.41) is 3.87. The molecule has 4 heteroatoms. The van der Waals surface area contributed by atoms with Crippen LogP contribution in [0.2, 0.25) is 5.02 Å². The van der Waals surface area contributed by atoms with Crippen LogP contribution >= 0.6 is 11.6 Å². The average molecular weight is 268 g/mol. The zero-order valence-electron chi connectivity index (χ0n) is 11.5. The Bertz CT molecular complexity index is 408. The van der Waals surface area contributed by atoms with Gasteiger partial charge in [-0.3, -0.25) is 0 Å². The Morgan fingerprint density at radius 3 is 2.61 bits per heavy atom.